The van der Waals surface area contributed by atoms with Crippen molar-refractivity contribution in [3.63, 3.8) is 0 Å². The van der Waals surface area contributed by atoms with Gasteiger partial charge in [-0.15, -0.1) is 0 Å². The Balaban J connectivity index is 3.95. The van der Waals surface area contributed by atoms with Crippen LogP contribution in [-0.4, -0.2) is 40.6 Å². The molecular weight excluding hydrogens is 276 g/mol. The molecule has 0 aliphatic rings. The quantitative estimate of drug-likeness (QED) is 0.418. The number of carboxylic acid groups (broad SMARTS) is 2. The Morgan fingerprint density at radius 1 is 1.14 bits per heavy atom. The smallest absolute Gasteiger partial charge is 0.320 e. The van der Waals surface area contributed by atoms with Crippen LogP contribution in [0.3, 0.4) is 0 Å². The highest BCUT2D eigenvalue weighted by atomic mass is 16.4. The average Bonchev–Trinajstić information content (AvgIpc) is 2.43. The second kappa shape index (κ2) is 10.1. The summed E-state index contributed by atoms with van der Waals surface area (Å²) < 4.78 is 0. The largest absolute Gasteiger partial charge is 0.481 e. The van der Waals surface area contributed by atoms with Crippen molar-refractivity contribution in [1.29, 1.82) is 0 Å². The summed E-state index contributed by atoms with van der Waals surface area (Å²) in [6, 6.07) is -0.861. The number of hydrogen-bond donors (Lipinski definition) is 4. The highest BCUT2D eigenvalue weighted by Crippen LogP contribution is 2.16. The van der Waals surface area contributed by atoms with Crippen LogP contribution in [0, 0.1) is 11.8 Å². The van der Waals surface area contributed by atoms with E-state index in [1.54, 1.807) is 6.92 Å². The van der Waals surface area contributed by atoms with Crippen molar-refractivity contribution in [1.82, 2.24) is 5.32 Å². The van der Waals surface area contributed by atoms with E-state index in [2.05, 4.69) is 5.32 Å². The molecule has 0 heterocycles. The van der Waals surface area contributed by atoms with Crippen molar-refractivity contribution < 1.29 is 24.6 Å². The molecule has 7 heteroatoms. The summed E-state index contributed by atoms with van der Waals surface area (Å²) >= 11 is 0. The first-order valence-corrected chi connectivity index (χ1v) is 7.28. The number of unbranched alkanes of at least 4 members (excludes halogenated alkanes) is 1. The van der Waals surface area contributed by atoms with Crippen molar-refractivity contribution in [3.05, 3.63) is 0 Å². The fourth-order valence-electron chi connectivity index (χ4n) is 1.96. The molecular formula is C14H26N2O5. The molecule has 122 valence electrons. The highest BCUT2D eigenvalue weighted by molar-refractivity contribution is 5.79. The van der Waals surface area contributed by atoms with Crippen LogP contribution in [0.1, 0.15) is 46.0 Å². The Labute approximate surface area is 124 Å². The fraction of sp³-hybridized carbons (Fsp3) is 0.786. The van der Waals surface area contributed by atoms with Gasteiger partial charge in [0.25, 0.3) is 0 Å². The third-order valence-electron chi connectivity index (χ3n) is 3.48. The minimum absolute atomic E-state index is 0.145. The molecule has 0 aliphatic carbocycles. The Bertz CT molecular complexity index is 359. The van der Waals surface area contributed by atoms with E-state index in [0.29, 0.717) is 38.6 Å². The number of aliphatic carboxylic acids is 2. The van der Waals surface area contributed by atoms with Crippen LogP contribution in [0.2, 0.25) is 0 Å². The van der Waals surface area contributed by atoms with Crippen molar-refractivity contribution in [2.75, 3.05) is 6.54 Å². The number of amides is 1. The molecule has 1 amide bonds. The molecule has 0 aromatic heterocycles. The molecule has 0 aromatic rings. The molecule has 0 spiro atoms. The van der Waals surface area contributed by atoms with Crippen molar-refractivity contribution in [3.8, 4) is 0 Å². The van der Waals surface area contributed by atoms with Crippen LogP contribution in [0.15, 0.2) is 0 Å². The van der Waals surface area contributed by atoms with E-state index >= 15 is 0 Å². The zero-order valence-corrected chi connectivity index (χ0v) is 12.7. The van der Waals surface area contributed by atoms with E-state index in [4.69, 9.17) is 15.9 Å². The van der Waals surface area contributed by atoms with Crippen LogP contribution in [0.5, 0.6) is 0 Å². The molecule has 0 radical (unpaired) electrons. The van der Waals surface area contributed by atoms with Gasteiger partial charge in [-0.25, -0.2) is 0 Å². The van der Waals surface area contributed by atoms with Crippen LogP contribution < -0.4 is 11.1 Å². The Morgan fingerprint density at radius 2 is 1.76 bits per heavy atom. The molecule has 0 rings (SSSR count). The van der Waals surface area contributed by atoms with Crippen LogP contribution in [0.25, 0.3) is 0 Å². The van der Waals surface area contributed by atoms with Crippen LogP contribution in [0.4, 0.5) is 0 Å². The number of nitrogens with two attached hydrogens (primary N) is 1. The predicted octanol–water partition coefficient (Wildman–Crippen LogP) is 0.822. The van der Waals surface area contributed by atoms with E-state index in [-0.39, 0.29) is 11.8 Å². The van der Waals surface area contributed by atoms with Crippen LogP contribution in [-0.2, 0) is 14.4 Å². The van der Waals surface area contributed by atoms with Gasteiger partial charge in [0.05, 0.1) is 5.92 Å². The topological polar surface area (TPSA) is 130 Å². The van der Waals surface area contributed by atoms with Gasteiger partial charge in [-0.1, -0.05) is 13.8 Å². The normalized spacial score (nSPS) is 15.0. The molecule has 5 N–H and O–H groups in total. The van der Waals surface area contributed by atoms with Gasteiger partial charge in [-0.2, -0.15) is 0 Å². The summed E-state index contributed by atoms with van der Waals surface area (Å²) in [7, 11) is 0. The molecule has 3 atom stereocenters. The minimum atomic E-state index is -1.02. The summed E-state index contributed by atoms with van der Waals surface area (Å²) in [5.41, 5.74) is 5.37. The molecule has 0 aromatic carbocycles. The number of nitrogens with one attached hydrogen (secondary N) is 1. The molecule has 0 aliphatic heterocycles. The Hall–Kier alpha value is -1.63. The van der Waals surface area contributed by atoms with Gasteiger partial charge in [0.2, 0.25) is 5.91 Å². The standard InChI is InChI=1S/C14H26N2O5/c1-3-10(8-9(2)13(18)19)12(17)16-7-5-4-6-11(15)14(20)21/h9-11H,3-8,15H2,1-2H3,(H,16,17)(H,18,19)(H,20,21)/t9?,10?,11-/m0/s1. The fourth-order valence-corrected chi connectivity index (χ4v) is 1.96. The Kier molecular flexibility index (Phi) is 9.36. The maximum Gasteiger partial charge on any atom is 0.320 e. The Morgan fingerprint density at radius 3 is 2.24 bits per heavy atom. The SMILES string of the molecule is CCC(CC(C)C(=O)O)C(=O)NCCCC[C@H](N)C(=O)O. The summed E-state index contributed by atoms with van der Waals surface area (Å²) in [6.07, 6.45) is 2.56. The molecule has 0 fully saturated rings. The zero-order valence-electron chi connectivity index (χ0n) is 12.7. The molecule has 0 bridgehead atoms. The van der Waals surface area contributed by atoms with Gasteiger partial charge < -0.3 is 21.3 Å². The van der Waals surface area contributed by atoms with E-state index < -0.39 is 23.9 Å². The summed E-state index contributed by atoms with van der Waals surface area (Å²) in [6.45, 7) is 3.89. The molecule has 0 saturated carbocycles. The van der Waals surface area contributed by atoms with Crippen molar-refractivity contribution in [2.24, 2.45) is 17.6 Å². The zero-order chi connectivity index (χ0) is 16.4. The van der Waals surface area contributed by atoms with Crippen molar-refractivity contribution in [2.45, 2.75) is 52.0 Å². The van der Waals surface area contributed by atoms with E-state index in [1.807, 2.05) is 6.92 Å². The van der Waals surface area contributed by atoms with E-state index in [1.165, 1.54) is 0 Å². The number of rotatable bonds is 11. The monoisotopic (exact) mass is 302 g/mol. The lowest BCUT2D eigenvalue weighted by molar-refractivity contribution is -0.142. The number of carboxylic acids is 2. The second-order valence-corrected chi connectivity index (χ2v) is 5.31. The molecule has 0 saturated heterocycles. The van der Waals surface area contributed by atoms with Crippen molar-refractivity contribution >= 4 is 17.8 Å². The molecule has 7 nitrogen and oxygen atoms in total. The van der Waals surface area contributed by atoms with Gasteiger partial charge in [0.15, 0.2) is 0 Å². The second-order valence-electron chi connectivity index (χ2n) is 5.31. The molecule has 2 unspecified atom stereocenters. The summed E-state index contributed by atoms with van der Waals surface area (Å²) in [4.78, 5) is 33.2. The van der Waals surface area contributed by atoms with Gasteiger partial charge in [0, 0.05) is 12.5 Å². The first kappa shape index (κ1) is 19.4. The first-order chi connectivity index (χ1) is 9.79. The van der Waals surface area contributed by atoms with Gasteiger partial charge in [-0.05, 0) is 32.1 Å². The lowest BCUT2D eigenvalue weighted by Crippen LogP contribution is -2.33. The predicted molar refractivity (Wildman–Crippen MR) is 77.7 cm³/mol. The third-order valence-corrected chi connectivity index (χ3v) is 3.48. The van der Waals surface area contributed by atoms with E-state index in [9.17, 15) is 14.4 Å². The van der Waals surface area contributed by atoms with Gasteiger partial charge in [0.1, 0.15) is 6.04 Å². The average molecular weight is 302 g/mol. The van der Waals surface area contributed by atoms with E-state index in [0.717, 1.165) is 0 Å². The maximum atomic E-state index is 11.9. The minimum Gasteiger partial charge on any atom is -0.481 e. The number of hydrogen-bond acceptors (Lipinski definition) is 4. The third kappa shape index (κ3) is 8.29. The lowest BCUT2D eigenvalue weighted by Gasteiger charge is -2.17. The summed E-state index contributed by atoms with van der Waals surface area (Å²) in [5, 5.41) is 20.2. The molecule has 21 heavy (non-hydrogen) atoms. The lowest BCUT2D eigenvalue weighted by atomic mass is 9.93. The van der Waals surface area contributed by atoms with Crippen LogP contribution >= 0.6 is 0 Å². The number of carbonyl (C=O) groups is 3. The van der Waals surface area contributed by atoms with Gasteiger partial charge >= 0.3 is 11.9 Å². The maximum absolute atomic E-state index is 11.9. The highest BCUT2D eigenvalue weighted by Gasteiger charge is 2.22. The number of carbonyl (C=O) groups excluding carboxylic acids is 1. The first-order valence-electron chi connectivity index (χ1n) is 7.28. The van der Waals surface area contributed by atoms with Gasteiger partial charge in [-0.3, -0.25) is 14.4 Å². The summed E-state index contributed by atoms with van der Waals surface area (Å²) in [5.74, 6) is -2.92.